The zero-order valence-corrected chi connectivity index (χ0v) is 14.3. The second-order valence-electron chi connectivity index (χ2n) is 6.13. The first-order valence-electron chi connectivity index (χ1n) is 6.85. The molecule has 0 spiro atoms. The molecule has 0 saturated carbocycles. The molecule has 0 heterocycles. The predicted molar refractivity (Wildman–Crippen MR) is 85.7 cm³/mol. The number of methoxy groups -OCH3 is 1. The van der Waals surface area contributed by atoms with Gasteiger partial charge in [0.05, 0.1) is 6.10 Å². The maximum absolute atomic E-state index is 5.43. The molecule has 19 heavy (non-hydrogen) atoms. The van der Waals surface area contributed by atoms with Crippen molar-refractivity contribution in [2.24, 2.45) is 0 Å². The van der Waals surface area contributed by atoms with Crippen LogP contribution in [-0.2, 0) is 4.74 Å². The number of nitrogens with one attached hydrogen (secondary N) is 1. The zero-order chi connectivity index (χ0) is 14.5. The van der Waals surface area contributed by atoms with Gasteiger partial charge in [-0.2, -0.15) is 0 Å². The van der Waals surface area contributed by atoms with Gasteiger partial charge in [0.2, 0.25) is 0 Å². The van der Waals surface area contributed by atoms with Crippen LogP contribution < -0.4 is 5.32 Å². The van der Waals surface area contributed by atoms with E-state index in [1.165, 1.54) is 10.0 Å². The summed E-state index contributed by atoms with van der Waals surface area (Å²) in [6.07, 6.45) is 1.28. The lowest BCUT2D eigenvalue weighted by atomic mass is 9.92. The first-order chi connectivity index (χ1) is 8.83. The molecule has 0 aromatic heterocycles. The van der Waals surface area contributed by atoms with Gasteiger partial charge in [0, 0.05) is 23.7 Å². The third kappa shape index (κ3) is 6.07. The highest BCUT2D eigenvalue weighted by atomic mass is 79.9. The predicted octanol–water partition coefficient (Wildman–Crippen LogP) is 4.35. The second-order valence-corrected chi connectivity index (χ2v) is 6.99. The van der Waals surface area contributed by atoms with E-state index in [1.807, 2.05) is 0 Å². The molecule has 2 unspecified atom stereocenters. The third-order valence-corrected chi connectivity index (χ3v) is 3.96. The van der Waals surface area contributed by atoms with Crippen LogP contribution in [-0.4, -0.2) is 25.3 Å². The molecule has 0 amide bonds. The highest BCUT2D eigenvalue weighted by Gasteiger charge is 2.20. The second kappa shape index (κ2) is 7.41. The van der Waals surface area contributed by atoms with Crippen LogP contribution in [0.25, 0.3) is 0 Å². The van der Waals surface area contributed by atoms with Gasteiger partial charge in [-0.15, -0.1) is 0 Å². The molecular weight excluding hydrogens is 302 g/mol. The molecule has 108 valence electrons. The Morgan fingerprint density at radius 1 is 1.26 bits per heavy atom. The highest BCUT2D eigenvalue weighted by Crippen LogP contribution is 2.28. The molecule has 1 aromatic rings. The molecule has 0 bridgehead atoms. The largest absolute Gasteiger partial charge is 0.382 e. The Balaban J connectivity index is 2.83. The Kier molecular flexibility index (Phi) is 6.51. The Hall–Kier alpha value is -0.380. The molecule has 0 fully saturated rings. The van der Waals surface area contributed by atoms with Crippen LogP contribution in [0.3, 0.4) is 0 Å². The van der Waals surface area contributed by atoms with Crippen LogP contribution in [0.15, 0.2) is 28.7 Å². The molecule has 1 aromatic carbocycles. The van der Waals surface area contributed by atoms with E-state index in [0.29, 0.717) is 5.92 Å². The van der Waals surface area contributed by atoms with E-state index in [2.05, 4.69) is 73.2 Å². The van der Waals surface area contributed by atoms with Crippen molar-refractivity contribution in [1.82, 2.24) is 5.32 Å². The van der Waals surface area contributed by atoms with Gasteiger partial charge in [0.1, 0.15) is 0 Å². The summed E-state index contributed by atoms with van der Waals surface area (Å²) >= 11 is 3.66. The van der Waals surface area contributed by atoms with E-state index in [-0.39, 0.29) is 11.6 Å². The highest BCUT2D eigenvalue weighted by molar-refractivity contribution is 9.10. The normalized spacial score (nSPS) is 15.3. The number of hydrogen-bond donors (Lipinski definition) is 1. The van der Waals surface area contributed by atoms with Gasteiger partial charge >= 0.3 is 0 Å². The van der Waals surface area contributed by atoms with Crippen molar-refractivity contribution in [1.29, 1.82) is 0 Å². The quantitative estimate of drug-likeness (QED) is 0.838. The van der Waals surface area contributed by atoms with Crippen molar-refractivity contribution in [3.05, 3.63) is 34.3 Å². The maximum Gasteiger partial charge on any atom is 0.0549 e. The minimum Gasteiger partial charge on any atom is -0.382 e. The molecular formula is C16H26BrNO. The minimum atomic E-state index is 0.135. The molecule has 0 saturated heterocycles. The molecule has 2 nitrogen and oxygen atoms in total. The summed E-state index contributed by atoms with van der Waals surface area (Å²) in [5.41, 5.74) is 1.48. The number of hydrogen-bond acceptors (Lipinski definition) is 2. The Labute approximate surface area is 126 Å². The third-order valence-electron chi connectivity index (χ3n) is 3.24. The van der Waals surface area contributed by atoms with E-state index >= 15 is 0 Å². The smallest absolute Gasteiger partial charge is 0.0549 e. The standard InChI is InChI=1S/C16H26BrNO/c1-12(19-5)10-13(11-18-16(2,3)4)14-8-6-7-9-15(14)17/h6-9,12-13,18H,10-11H2,1-5H3. The van der Waals surface area contributed by atoms with Crippen LogP contribution in [0.4, 0.5) is 0 Å². The molecule has 3 heteroatoms. The summed E-state index contributed by atoms with van der Waals surface area (Å²) in [4.78, 5) is 0. The van der Waals surface area contributed by atoms with Gasteiger partial charge < -0.3 is 10.1 Å². The fourth-order valence-corrected chi connectivity index (χ4v) is 2.66. The monoisotopic (exact) mass is 327 g/mol. The van der Waals surface area contributed by atoms with Crippen LogP contribution in [0, 0.1) is 0 Å². The van der Waals surface area contributed by atoms with Crippen molar-refractivity contribution in [3.63, 3.8) is 0 Å². The van der Waals surface area contributed by atoms with Crippen molar-refractivity contribution in [2.45, 2.75) is 51.7 Å². The Bertz CT molecular complexity index is 387. The first kappa shape index (κ1) is 16.7. The Morgan fingerprint density at radius 3 is 2.42 bits per heavy atom. The summed E-state index contributed by atoms with van der Waals surface area (Å²) in [7, 11) is 1.78. The molecule has 1 N–H and O–H groups in total. The molecule has 0 aliphatic carbocycles. The average Bonchev–Trinajstić information content (AvgIpc) is 2.34. The number of rotatable bonds is 6. The summed E-state index contributed by atoms with van der Waals surface area (Å²) in [6.45, 7) is 9.68. The fourth-order valence-electron chi connectivity index (χ4n) is 2.05. The summed E-state index contributed by atoms with van der Waals surface area (Å²) in [5, 5.41) is 3.60. The van der Waals surface area contributed by atoms with Crippen molar-refractivity contribution in [2.75, 3.05) is 13.7 Å². The van der Waals surface area contributed by atoms with E-state index < -0.39 is 0 Å². The lowest BCUT2D eigenvalue weighted by Gasteiger charge is -2.27. The minimum absolute atomic E-state index is 0.135. The number of ether oxygens (including phenoxy) is 1. The summed E-state index contributed by atoms with van der Waals surface area (Å²) in [5.74, 6) is 0.449. The van der Waals surface area contributed by atoms with Gasteiger partial charge in [-0.25, -0.2) is 0 Å². The summed E-state index contributed by atoms with van der Waals surface area (Å²) in [6, 6.07) is 8.46. The zero-order valence-electron chi connectivity index (χ0n) is 12.7. The van der Waals surface area contributed by atoms with E-state index in [0.717, 1.165) is 13.0 Å². The van der Waals surface area contributed by atoms with E-state index in [9.17, 15) is 0 Å². The fraction of sp³-hybridized carbons (Fsp3) is 0.625. The summed E-state index contributed by atoms with van der Waals surface area (Å²) < 4.78 is 6.61. The average molecular weight is 328 g/mol. The van der Waals surface area contributed by atoms with Gasteiger partial charge in [-0.3, -0.25) is 0 Å². The Morgan fingerprint density at radius 2 is 1.89 bits per heavy atom. The topological polar surface area (TPSA) is 21.3 Å². The van der Waals surface area contributed by atoms with Crippen LogP contribution in [0.2, 0.25) is 0 Å². The van der Waals surface area contributed by atoms with Crippen molar-refractivity contribution < 1.29 is 4.74 Å². The van der Waals surface area contributed by atoms with Crippen molar-refractivity contribution in [3.8, 4) is 0 Å². The molecule has 2 atom stereocenters. The van der Waals surface area contributed by atoms with Crippen LogP contribution in [0.5, 0.6) is 0 Å². The maximum atomic E-state index is 5.43. The number of benzene rings is 1. The lowest BCUT2D eigenvalue weighted by Crippen LogP contribution is -2.39. The van der Waals surface area contributed by atoms with Gasteiger partial charge in [-0.1, -0.05) is 34.1 Å². The number of halogens is 1. The molecule has 1 rings (SSSR count). The van der Waals surface area contributed by atoms with Crippen LogP contribution >= 0.6 is 15.9 Å². The SMILES string of the molecule is COC(C)CC(CNC(C)(C)C)c1ccccc1Br. The van der Waals surface area contributed by atoms with E-state index in [1.54, 1.807) is 7.11 Å². The molecule has 0 aliphatic heterocycles. The van der Waals surface area contributed by atoms with Crippen molar-refractivity contribution >= 4 is 15.9 Å². The van der Waals surface area contributed by atoms with Gasteiger partial charge in [-0.05, 0) is 51.7 Å². The van der Waals surface area contributed by atoms with E-state index in [4.69, 9.17) is 4.74 Å². The van der Waals surface area contributed by atoms with Crippen LogP contribution in [0.1, 0.15) is 45.6 Å². The molecule has 0 radical (unpaired) electrons. The lowest BCUT2D eigenvalue weighted by molar-refractivity contribution is 0.103. The van der Waals surface area contributed by atoms with Gasteiger partial charge in [0.15, 0.2) is 0 Å². The molecule has 0 aliphatic rings. The first-order valence-corrected chi connectivity index (χ1v) is 7.65. The van der Waals surface area contributed by atoms with Gasteiger partial charge in [0.25, 0.3) is 0 Å².